The zero-order valence-electron chi connectivity index (χ0n) is 22.2. The molecule has 7 heteroatoms. The first-order valence-corrected chi connectivity index (χ1v) is 14.7. The first-order chi connectivity index (χ1) is 16.8. The molecule has 192 valence electrons. The van der Waals surface area contributed by atoms with E-state index in [-0.39, 0.29) is 17.9 Å². The third-order valence-electron chi connectivity index (χ3n) is 8.99. The van der Waals surface area contributed by atoms with Crippen molar-refractivity contribution >= 4 is 17.2 Å². The van der Waals surface area contributed by atoms with E-state index in [1.54, 1.807) is 0 Å². The van der Waals surface area contributed by atoms with E-state index in [0.717, 1.165) is 37.5 Å². The van der Waals surface area contributed by atoms with Crippen LogP contribution in [-0.2, 0) is 4.79 Å². The van der Waals surface area contributed by atoms with E-state index in [0.29, 0.717) is 24.0 Å². The van der Waals surface area contributed by atoms with Crippen LogP contribution in [0.4, 0.5) is 0 Å². The Morgan fingerprint density at radius 3 is 2.34 bits per heavy atom. The maximum atomic E-state index is 13.1. The number of fused-ring (bicyclic) bond motifs is 2. The van der Waals surface area contributed by atoms with Crippen molar-refractivity contribution in [2.75, 3.05) is 6.54 Å². The molecule has 1 N–H and O–H groups in total. The number of aromatic nitrogens is 3. The molecule has 3 fully saturated rings. The van der Waals surface area contributed by atoms with Crippen molar-refractivity contribution in [3.8, 4) is 0 Å². The molecule has 2 saturated heterocycles. The van der Waals surface area contributed by atoms with Crippen molar-refractivity contribution in [2.45, 2.75) is 122 Å². The van der Waals surface area contributed by atoms with Crippen LogP contribution in [0.1, 0.15) is 117 Å². The van der Waals surface area contributed by atoms with Crippen LogP contribution in [0.2, 0.25) is 0 Å². The second-order valence-corrected chi connectivity index (χ2v) is 12.5. The molecule has 2 aromatic rings. The van der Waals surface area contributed by atoms with Crippen LogP contribution in [-0.4, -0.2) is 44.2 Å². The summed E-state index contributed by atoms with van der Waals surface area (Å²) in [5.41, 5.74) is 2.70. The summed E-state index contributed by atoms with van der Waals surface area (Å²) in [6.07, 6.45) is 10.5. The van der Waals surface area contributed by atoms with Gasteiger partial charge in [-0.05, 0) is 82.2 Å². The van der Waals surface area contributed by atoms with E-state index in [1.165, 1.54) is 54.5 Å². The second kappa shape index (κ2) is 10.3. The van der Waals surface area contributed by atoms with Crippen molar-refractivity contribution in [3.63, 3.8) is 0 Å². The van der Waals surface area contributed by atoms with Crippen molar-refractivity contribution in [1.29, 1.82) is 0 Å². The quantitative estimate of drug-likeness (QED) is 0.486. The molecule has 2 aliphatic heterocycles. The molecule has 2 bridgehead atoms. The van der Waals surface area contributed by atoms with E-state index in [9.17, 15) is 4.79 Å². The SMILES string of the molecule is Cc1csc([C@H](CCN2[C@@H]3CC[C@H]2CC(n2c(C)nnc2C(C)C)C3)NC(=O)C2CCCC2)c1C. The predicted molar refractivity (Wildman–Crippen MR) is 142 cm³/mol. The highest BCUT2D eigenvalue weighted by Crippen LogP contribution is 2.43. The van der Waals surface area contributed by atoms with E-state index < -0.39 is 0 Å². The highest BCUT2D eigenvalue weighted by molar-refractivity contribution is 7.10. The maximum absolute atomic E-state index is 13.1. The Bertz CT molecular complexity index is 1020. The Balaban J connectivity index is 1.28. The summed E-state index contributed by atoms with van der Waals surface area (Å²) in [4.78, 5) is 17.2. The van der Waals surface area contributed by atoms with Gasteiger partial charge in [0.05, 0.1) is 6.04 Å². The Kier molecular flexibility index (Phi) is 7.36. The molecular weight excluding hydrogens is 454 g/mol. The fraction of sp³-hybridized carbons (Fsp3) is 0.750. The van der Waals surface area contributed by atoms with Crippen LogP contribution >= 0.6 is 11.3 Å². The Labute approximate surface area is 214 Å². The Hall–Kier alpha value is -1.73. The van der Waals surface area contributed by atoms with Gasteiger partial charge in [-0.3, -0.25) is 9.69 Å². The number of nitrogens with one attached hydrogen (secondary N) is 1. The van der Waals surface area contributed by atoms with Crippen LogP contribution in [0.15, 0.2) is 5.38 Å². The van der Waals surface area contributed by atoms with Crippen LogP contribution in [0.5, 0.6) is 0 Å². The summed E-state index contributed by atoms with van der Waals surface area (Å²) >= 11 is 1.83. The summed E-state index contributed by atoms with van der Waals surface area (Å²) in [5.74, 6) is 3.09. The van der Waals surface area contributed by atoms with Crippen LogP contribution in [0.3, 0.4) is 0 Å². The van der Waals surface area contributed by atoms with Gasteiger partial charge in [0.25, 0.3) is 0 Å². The van der Waals surface area contributed by atoms with Gasteiger partial charge in [0, 0.05) is 41.4 Å². The minimum atomic E-state index is 0.131. The van der Waals surface area contributed by atoms with Crippen LogP contribution < -0.4 is 5.32 Å². The molecule has 0 radical (unpaired) electrons. The number of nitrogens with zero attached hydrogens (tertiary/aromatic N) is 4. The van der Waals surface area contributed by atoms with Crippen LogP contribution in [0, 0.1) is 26.7 Å². The minimum absolute atomic E-state index is 0.131. The van der Waals surface area contributed by atoms with Gasteiger partial charge in [0.1, 0.15) is 11.6 Å². The molecule has 6 nitrogen and oxygen atoms in total. The van der Waals surface area contributed by atoms with Crippen molar-refractivity contribution < 1.29 is 4.79 Å². The number of hydrogen-bond acceptors (Lipinski definition) is 5. The fourth-order valence-corrected chi connectivity index (χ4v) is 8.10. The first kappa shape index (κ1) is 24.9. The van der Waals surface area contributed by atoms with E-state index in [2.05, 4.69) is 65.0 Å². The molecule has 0 aromatic carbocycles. The lowest BCUT2D eigenvalue weighted by Crippen LogP contribution is -2.45. The van der Waals surface area contributed by atoms with Gasteiger partial charge in [-0.2, -0.15) is 0 Å². The standard InChI is InChI=1S/C28H43N5OS/c1-17(2)27-31-30-20(5)33(27)24-14-22-10-11-23(15-24)32(22)13-12-25(26-19(4)18(3)16-35-26)29-28(34)21-8-6-7-9-21/h16-17,21-25H,6-15H2,1-5H3,(H,29,34)/t22-,23+,24?,25-/m0/s1. The molecule has 4 atom stereocenters. The third kappa shape index (κ3) is 4.95. The molecule has 1 aliphatic carbocycles. The average molecular weight is 498 g/mol. The van der Waals surface area contributed by atoms with E-state index >= 15 is 0 Å². The molecule has 2 aromatic heterocycles. The van der Waals surface area contributed by atoms with Crippen molar-refractivity contribution in [3.05, 3.63) is 33.0 Å². The lowest BCUT2D eigenvalue weighted by molar-refractivity contribution is -0.125. The lowest BCUT2D eigenvalue weighted by Gasteiger charge is -2.40. The summed E-state index contributed by atoms with van der Waals surface area (Å²) in [6.45, 7) is 12.0. The monoisotopic (exact) mass is 497 g/mol. The Morgan fingerprint density at radius 2 is 1.74 bits per heavy atom. The van der Waals surface area contributed by atoms with E-state index in [4.69, 9.17) is 0 Å². The van der Waals surface area contributed by atoms with Crippen molar-refractivity contribution in [2.24, 2.45) is 5.92 Å². The van der Waals surface area contributed by atoms with Gasteiger partial charge < -0.3 is 9.88 Å². The summed E-state index contributed by atoms with van der Waals surface area (Å²) < 4.78 is 2.44. The minimum Gasteiger partial charge on any atom is -0.348 e. The third-order valence-corrected chi connectivity index (χ3v) is 10.3. The number of carbonyl (C=O) groups excluding carboxylic acids is 1. The molecule has 5 rings (SSSR count). The van der Waals surface area contributed by atoms with Gasteiger partial charge >= 0.3 is 0 Å². The molecule has 35 heavy (non-hydrogen) atoms. The van der Waals surface area contributed by atoms with Gasteiger partial charge in [-0.1, -0.05) is 26.7 Å². The van der Waals surface area contributed by atoms with Crippen LogP contribution in [0.25, 0.3) is 0 Å². The number of piperidine rings is 1. The summed E-state index contributed by atoms with van der Waals surface area (Å²) in [6, 6.07) is 1.89. The fourth-order valence-electron chi connectivity index (χ4n) is 6.94. The molecular formula is C28H43N5OS. The number of hydrogen-bond donors (Lipinski definition) is 1. The normalized spacial score (nSPS) is 26.1. The number of rotatable bonds is 8. The number of aryl methyl sites for hydroxylation is 2. The number of thiophene rings is 1. The molecule has 1 unspecified atom stereocenters. The predicted octanol–water partition coefficient (Wildman–Crippen LogP) is 5.99. The zero-order chi connectivity index (χ0) is 24.7. The topological polar surface area (TPSA) is 63.1 Å². The zero-order valence-corrected chi connectivity index (χ0v) is 23.0. The smallest absolute Gasteiger partial charge is 0.223 e. The average Bonchev–Trinajstić information content (AvgIpc) is 3.60. The summed E-state index contributed by atoms with van der Waals surface area (Å²) in [5, 5.41) is 14.7. The molecule has 0 spiro atoms. The largest absolute Gasteiger partial charge is 0.348 e. The Morgan fingerprint density at radius 1 is 1.06 bits per heavy atom. The molecule has 1 saturated carbocycles. The molecule has 3 aliphatic rings. The lowest BCUT2D eigenvalue weighted by atomic mass is 9.95. The van der Waals surface area contributed by atoms with Gasteiger partial charge in [-0.25, -0.2) is 0 Å². The van der Waals surface area contributed by atoms with E-state index in [1.807, 2.05) is 11.3 Å². The second-order valence-electron chi connectivity index (χ2n) is 11.6. The van der Waals surface area contributed by atoms with Gasteiger partial charge in [0.15, 0.2) is 0 Å². The number of amides is 1. The molecule has 4 heterocycles. The molecule has 1 amide bonds. The van der Waals surface area contributed by atoms with Crippen molar-refractivity contribution in [1.82, 2.24) is 25.0 Å². The maximum Gasteiger partial charge on any atom is 0.223 e. The summed E-state index contributed by atoms with van der Waals surface area (Å²) in [7, 11) is 0. The first-order valence-electron chi connectivity index (χ1n) is 13.9. The highest BCUT2D eigenvalue weighted by atomic mass is 32.1. The highest BCUT2D eigenvalue weighted by Gasteiger charge is 2.42. The number of carbonyl (C=O) groups is 1. The van der Waals surface area contributed by atoms with Gasteiger partial charge in [0.2, 0.25) is 5.91 Å². The van der Waals surface area contributed by atoms with Gasteiger partial charge in [-0.15, -0.1) is 21.5 Å².